The number of ether oxygens (including phenoxy) is 1. The van der Waals surface area contributed by atoms with Gasteiger partial charge in [-0.3, -0.25) is 4.52 Å². The third kappa shape index (κ3) is 16.9. The van der Waals surface area contributed by atoms with E-state index in [-0.39, 0.29) is 18.8 Å². The van der Waals surface area contributed by atoms with Gasteiger partial charge in [0.15, 0.2) is 0 Å². The first-order valence-electron chi connectivity index (χ1n) is 12.3. The van der Waals surface area contributed by atoms with E-state index in [2.05, 4.69) is 11.4 Å². The SMILES string of the molecule is CCCCCCCCCCCCCCC[C@H](COP(=O)(O)O)OCc1cc(F)cc(C#N)c1. The van der Waals surface area contributed by atoms with Gasteiger partial charge in [0, 0.05) is 0 Å². The molecule has 0 aliphatic carbocycles. The fraction of sp³-hybridized carbons (Fsp3) is 0.720. The average Bonchev–Trinajstić information content (AvgIpc) is 2.77. The Morgan fingerprint density at radius 2 is 1.48 bits per heavy atom. The van der Waals surface area contributed by atoms with Crippen LogP contribution >= 0.6 is 7.82 Å². The van der Waals surface area contributed by atoms with Crippen molar-refractivity contribution in [3.8, 4) is 6.07 Å². The molecule has 0 fully saturated rings. The van der Waals surface area contributed by atoms with Gasteiger partial charge in [-0.05, 0) is 30.2 Å². The number of phosphoric ester groups is 1. The fourth-order valence-corrected chi connectivity index (χ4v) is 4.16. The van der Waals surface area contributed by atoms with E-state index in [9.17, 15) is 8.96 Å². The summed E-state index contributed by atoms with van der Waals surface area (Å²) in [4.78, 5) is 18.0. The molecule has 1 aromatic carbocycles. The first-order chi connectivity index (χ1) is 15.8. The molecule has 0 aliphatic heterocycles. The van der Waals surface area contributed by atoms with Gasteiger partial charge in [-0.15, -0.1) is 0 Å². The minimum atomic E-state index is -4.59. The highest BCUT2D eigenvalue weighted by molar-refractivity contribution is 7.46. The van der Waals surface area contributed by atoms with Gasteiger partial charge in [-0.1, -0.05) is 90.4 Å². The number of halogens is 1. The van der Waals surface area contributed by atoms with Crippen LogP contribution in [0.2, 0.25) is 0 Å². The van der Waals surface area contributed by atoms with Crippen molar-refractivity contribution < 1.29 is 28.0 Å². The summed E-state index contributed by atoms with van der Waals surface area (Å²) in [5, 5.41) is 8.96. The summed E-state index contributed by atoms with van der Waals surface area (Å²) >= 11 is 0. The molecule has 0 saturated heterocycles. The molecule has 0 spiro atoms. The zero-order chi connectivity index (χ0) is 24.4. The van der Waals surface area contributed by atoms with Gasteiger partial charge in [-0.2, -0.15) is 5.26 Å². The van der Waals surface area contributed by atoms with Gasteiger partial charge in [0.2, 0.25) is 0 Å². The Balaban J connectivity index is 2.25. The van der Waals surface area contributed by atoms with E-state index in [1.807, 2.05) is 6.07 Å². The van der Waals surface area contributed by atoms with Crippen molar-refractivity contribution in [2.45, 2.75) is 110 Å². The van der Waals surface area contributed by atoms with Crippen molar-refractivity contribution in [1.82, 2.24) is 0 Å². The Labute approximate surface area is 198 Å². The molecule has 0 radical (unpaired) electrons. The van der Waals surface area contributed by atoms with Crippen molar-refractivity contribution in [1.29, 1.82) is 5.26 Å². The van der Waals surface area contributed by atoms with Crippen LogP contribution in [0.4, 0.5) is 4.39 Å². The Kier molecular flexibility index (Phi) is 16.3. The molecule has 188 valence electrons. The zero-order valence-electron chi connectivity index (χ0n) is 20.0. The van der Waals surface area contributed by atoms with Crippen LogP contribution in [0.3, 0.4) is 0 Å². The molecule has 0 aliphatic rings. The Hall–Kier alpha value is -1.29. The smallest absolute Gasteiger partial charge is 0.371 e. The van der Waals surface area contributed by atoms with Crippen LogP contribution in [0.5, 0.6) is 0 Å². The third-order valence-electron chi connectivity index (χ3n) is 5.63. The quantitative estimate of drug-likeness (QED) is 0.150. The van der Waals surface area contributed by atoms with E-state index in [4.69, 9.17) is 19.8 Å². The summed E-state index contributed by atoms with van der Waals surface area (Å²) in [5.74, 6) is -0.521. The van der Waals surface area contributed by atoms with Gasteiger partial charge < -0.3 is 14.5 Å². The molecule has 0 bridgehead atoms. The highest BCUT2D eigenvalue weighted by atomic mass is 31.2. The maximum atomic E-state index is 13.6. The second kappa shape index (κ2) is 18.1. The molecule has 0 unspecified atom stereocenters. The predicted octanol–water partition coefficient (Wildman–Crippen LogP) is 7.17. The fourth-order valence-electron chi connectivity index (χ4n) is 3.80. The van der Waals surface area contributed by atoms with Crippen LogP contribution in [-0.4, -0.2) is 22.5 Å². The van der Waals surface area contributed by atoms with Crippen LogP contribution in [0.25, 0.3) is 0 Å². The second-order valence-electron chi connectivity index (χ2n) is 8.71. The summed E-state index contributed by atoms with van der Waals surface area (Å²) in [6, 6.07) is 5.86. The average molecular weight is 486 g/mol. The number of hydrogen-bond donors (Lipinski definition) is 2. The van der Waals surface area contributed by atoms with Crippen LogP contribution in [0.1, 0.15) is 108 Å². The molecule has 1 rings (SSSR count). The third-order valence-corrected chi connectivity index (χ3v) is 6.12. The van der Waals surface area contributed by atoms with E-state index < -0.39 is 19.7 Å². The normalized spacial score (nSPS) is 12.6. The van der Waals surface area contributed by atoms with Crippen LogP contribution in [-0.2, 0) is 20.4 Å². The molecule has 6 nitrogen and oxygen atoms in total. The molecule has 0 heterocycles. The van der Waals surface area contributed by atoms with E-state index >= 15 is 0 Å². The van der Waals surface area contributed by atoms with Gasteiger partial charge in [0.25, 0.3) is 0 Å². The Morgan fingerprint density at radius 1 is 0.939 bits per heavy atom. The lowest BCUT2D eigenvalue weighted by Crippen LogP contribution is -2.19. The number of rotatable bonds is 20. The summed E-state index contributed by atoms with van der Waals surface area (Å²) in [6.45, 7) is 2.05. The highest BCUT2D eigenvalue weighted by Crippen LogP contribution is 2.36. The minimum absolute atomic E-state index is 0.0417. The summed E-state index contributed by atoms with van der Waals surface area (Å²) < 4.78 is 35.0. The Bertz CT molecular complexity index is 734. The molecule has 0 aromatic heterocycles. The summed E-state index contributed by atoms with van der Waals surface area (Å²) in [5.41, 5.74) is 0.700. The highest BCUT2D eigenvalue weighted by Gasteiger charge is 2.19. The van der Waals surface area contributed by atoms with E-state index in [0.29, 0.717) is 12.0 Å². The topological polar surface area (TPSA) is 99.8 Å². The molecular formula is C25H41FNO5P. The van der Waals surface area contributed by atoms with Crippen LogP contribution in [0.15, 0.2) is 18.2 Å². The van der Waals surface area contributed by atoms with E-state index in [1.54, 1.807) is 0 Å². The van der Waals surface area contributed by atoms with Gasteiger partial charge in [-0.25, -0.2) is 8.96 Å². The first-order valence-corrected chi connectivity index (χ1v) is 13.9. The Morgan fingerprint density at radius 3 is 2.00 bits per heavy atom. The number of nitrogens with zero attached hydrogens (tertiary/aromatic N) is 1. The van der Waals surface area contributed by atoms with Gasteiger partial charge in [0.05, 0.1) is 31.0 Å². The number of hydrogen-bond acceptors (Lipinski definition) is 4. The van der Waals surface area contributed by atoms with Crippen LogP contribution < -0.4 is 0 Å². The largest absolute Gasteiger partial charge is 0.469 e. The molecule has 1 atom stereocenters. The van der Waals surface area contributed by atoms with Crippen molar-refractivity contribution in [2.24, 2.45) is 0 Å². The number of unbranched alkanes of at least 4 members (excludes halogenated alkanes) is 12. The minimum Gasteiger partial charge on any atom is -0.371 e. The molecule has 0 amide bonds. The molecule has 0 saturated carbocycles. The standard InChI is InChI=1S/C25H41FNO5P/c1-2-3-4-5-6-7-8-9-10-11-12-13-14-15-25(21-32-33(28,29)30)31-20-23-16-22(19-27)17-24(26)18-23/h16-18,25H,2-15,20-21H2,1H3,(H2,28,29,30)/t25-/m1/s1. The zero-order valence-corrected chi connectivity index (χ0v) is 20.9. The number of benzene rings is 1. The second-order valence-corrected chi connectivity index (χ2v) is 9.95. The maximum Gasteiger partial charge on any atom is 0.469 e. The monoisotopic (exact) mass is 485 g/mol. The van der Waals surface area contributed by atoms with Crippen molar-refractivity contribution >= 4 is 7.82 Å². The molecule has 2 N–H and O–H groups in total. The molecule has 1 aromatic rings. The number of phosphoric acid groups is 1. The lowest BCUT2D eigenvalue weighted by atomic mass is 10.0. The van der Waals surface area contributed by atoms with E-state index in [1.165, 1.54) is 76.3 Å². The summed E-state index contributed by atoms with van der Waals surface area (Å²) in [6.07, 6.45) is 16.2. The van der Waals surface area contributed by atoms with Gasteiger partial charge >= 0.3 is 7.82 Å². The lowest BCUT2D eigenvalue weighted by molar-refractivity contribution is -0.00383. The van der Waals surface area contributed by atoms with Crippen molar-refractivity contribution in [3.63, 3.8) is 0 Å². The van der Waals surface area contributed by atoms with Crippen molar-refractivity contribution in [3.05, 3.63) is 35.1 Å². The molecular weight excluding hydrogens is 444 g/mol. The maximum absolute atomic E-state index is 13.6. The lowest BCUT2D eigenvalue weighted by Gasteiger charge is -2.18. The van der Waals surface area contributed by atoms with Crippen molar-refractivity contribution in [2.75, 3.05) is 6.61 Å². The molecule has 8 heteroatoms. The molecule has 33 heavy (non-hydrogen) atoms. The van der Waals surface area contributed by atoms with Gasteiger partial charge in [0.1, 0.15) is 5.82 Å². The number of nitriles is 1. The van der Waals surface area contributed by atoms with Crippen LogP contribution in [0, 0.1) is 17.1 Å². The summed E-state index contributed by atoms with van der Waals surface area (Å²) in [7, 11) is -4.59. The first kappa shape index (κ1) is 29.7. The predicted molar refractivity (Wildman–Crippen MR) is 128 cm³/mol. The van der Waals surface area contributed by atoms with E-state index in [0.717, 1.165) is 25.3 Å².